The van der Waals surface area contributed by atoms with Crippen LogP contribution < -0.4 is 9.64 Å². The second kappa shape index (κ2) is 9.22. The lowest BCUT2D eigenvalue weighted by Crippen LogP contribution is -2.48. The number of thiazole rings is 1. The van der Waals surface area contributed by atoms with Gasteiger partial charge in [-0.05, 0) is 44.2 Å². The van der Waals surface area contributed by atoms with Gasteiger partial charge in [-0.25, -0.2) is 18.2 Å². The Bertz CT molecular complexity index is 1360. The first kappa shape index (κ1) is 24.0. The van der Waals surface area contributed by atoms with Crippen LogP contribution >= 0.6 is 11.3 Å². The van der Waals surface area contributed by atoms with Crippen molar-refractivity contribution >= 4 is 48.4 Å². The van der Waals surface area contributed by atoms with E-state index in [9.17, 15) is 23.1 Å². The molecule has 1 aliphatic heterocycles. The van der Waals surface area contributed by atoms with Gasteiger partial charge < -0.3 is 19.6 Å². The normalized spacial score (nSPS) is 14.6. The van der Waals surface area contributed by atoms with Gasteiger partial charge in [0.1, 0.15) is 5.75 Å². The molecule has 180 valence electrons. The van der Waals surface area contributed by atoms with E-state index in [1.807, 2.05) is 24.8 Å². The molecular formula is C23H25N3O6S2. The number of ether oxygens (including phenoxy) is 1. The highest BCUT2D eigenvalue weighted by Crippen LogP contribution is 2.32. The lowest BCUT2D eigenvalue weighted by atomic mass is 10.1. The molecule has 1 amide bonds. The Morgan fingerprint density at radius 3 is 2.41 bits per heavy atom. The zero-order valence-corrected chi connectivity index (χ0v) is 20.6. The summed E-state index contributed by atoms with van der Waals surface area (Å²) in [7, 11) is -3.49. The molecule has 9 nitrogen and oxygen atoms in total. The monoisotopic (exact) mass is 503 g/mol. The lowest BCUT2D eigenvalue weighted by molar-refractivity contribution is 0.0696. The Kier molecular flexibility index (Phi) is 6.50. The van der Waals surface area contributed by atoms with Crippen LogP contribution in [0.4, 0.5) is 5.13 Å². The van der Waals surface area contributed by atoms with Gasteiger partial charge in [0.05, 0.1) is 32.3 Å². The minimum atomic E-state index is -3.49. The first-order valence-corrected chi connectivity index (χ1v) is 13.4. The van der Waals surface area contributed by atoms with E-state index in [0.717, 1.165) is 11.0 Å². The predicted octanol–water partition coefficient (Wildman–Crippen LogP) is 3.15. The second-order valence-electron chi connectivity index (χ2n) is 8.33. The molecule has 2 heterocycles. The number of rotatable bonds is 6. The van der Waals surface area contributed by atoms with Crippen molar-refractivity contribution in [2.24, 2.45) is 0 Å². The number of aromatic nitrogens is 1. The molecule has 0 bridgehead atoms. The van der Waals surface area contributed by atoms with Crippen molar-refractivity contribution in [2.75, 3.05) is 37.3 Å². The van der Waals surface area contributed by atoms with Gasteiger partial charge in [0.15, 0.2) is 15.0 Å². The van der Waals surface area contributed by atoms with Gasteiger partial charge in [0, 0.05) is 32.4 Å². The molecule has 1 N–H and O–H groups in total. The van der Waals surface area contributed by atoms with Gasteiger partial charge in [-0.3, -0.25) is 4.79 Å². The minimum absolute atomic E-state index is 0.0642. The van der Waals surface area contributed by atoms with E-state index in [-0.39, 0.29) is 28.0 Å². The third kappa shape index (κ3) is 4.85. The van der Waals surface area contributed by atoms with Crippen LogP contribution in [-0.2, 0) is 9.84 Å². The number of carboxylic acids is 1. The van der Waals surface area contributed by atoms with Crippen LogP contribution in [0.15, 0.2) is 41.3 Å². The maximum absolute atomic E-state index is 13.3. The van der Waals surface area contributed by atoms with E-state index < -0.39 is 15.8 Å². The number of benzene rings is 2. The highest BCUT2D eigenvalue weighted by Gasteiger charge is 2.27. The van der Waals surface area contributed by atoms with E-state index in [1.54, 1.807) is 11.0 Å². The fraction of sp³-hybridized carbons (Fsp3) is 0.348. The maximum Gasteiger partial charge on any atom is 0.337 e. The van der Waals surface area contributed by atoms with Crippen LogP contribution in [0.5, 0.6) is 5.75 Å². The van der Waals surface area contributed by atoms with Gasteiger partial charge in [-0.2, -0.15) is 0 Å². The fourth-order valence-electron chi connectivity index (χ4n) is 3.78. The van der Waals surface area contributed by atoms with E-state index in [1.165, 1.54) is 35.6 Å². The minimum Gasteiger partial charge on any atom is -0.490 e. The zero-order chi connectivity index (χ0) is 24.6. The van der Waals surface area contributed by atoms with E-state index in [4.69, 9.17) is 4.74 Å². The number of nitrogens with zero attached hydrogens (tertiary/aromatic N) is 3. The standard InChI is InChI=1S/C23H25N3O6S2/c1-14(2)32-18-8-7-15(34(3,30)31)13-17(18)21(27)25-9-11-26(12-10-25)23-24-20-16(22(28)29)5-4-6-19(20)33-23/h4-8,13-14H,9-12H2,1-3H3,(H,28,29). The number of carbonyl (C=O) groups excluding carboxylic acids is 1. The molecule has 34 heavy (non-hydrogen) atoms. The molecule has 1 saturated heterocycles. The number of anilines is 1. The number of carbonyl (C=O) groups is 2. The molecule has 1 fully saturated rings. The second-order valence-corrected chi connectivity index (χ2v) is 11.4. The summed E-state index contributed by atoms with van der Waals surface area (Å²) < 4.78 is 30.6. The molecule has 1 aromatic heterocycles. The topological polar surface area (TPSA) is 117 Å². The number of hydrogen-bond acceptors (Lipinski definition) is 8. The van der Waals surface area contributed by atoms with Gasteiger partial charge in [0.2, 0.25) is 0 Å². The molecule has 0 radical (unpaired) electrons. The number of fused-ring (bicyclic) bond motifs is 1. The third-order valence-electron chi connectivity index (χ3n) is 5.45. The van der Waals surface area contributed by atoms with E-state index in [2.05, 4.69) is 4.98 Å². The fourth-order valence-corrected chi connectivity index (χ4v) is 5.47. The number of carboxylic acid groups (broad SMARTS) is 1. The summed E-state index contributed by atoms with van der Waals surface area (Å²) in [6.07, 6.45) is 0.925. The van der Waals surface area contributed by atoms with Crippen LogP contribution in [0.25, 0.3) is 10.2 Å². The molecule has 0 unspecified atom stereocenters. The van der Waals surface area contributed by atoms with E-state index in [0.29, 0.717) is 42.6 Å². The summed E-state index contributed by atoms with van der Waals surface area (Å²) in [5.74, 6) is -0.964. The molecule has 0 atom stereocenters. The Balaban J connectivity index is 1.55. The largest absolute Gasteiger partial charge is 0.490 e. The van der Waals surface area contributed by atoms with Crippen molar-refractivity contribution in [1.82, 2.24) is 9.88 Å². The molecule has 0 spiro atoms. The van der Waals surface area contributed by atoms with Crippen molar-refractivity contribution in [2.45, 2.75) is 24.8 Å². The Labute approximate surface area is 201 Å². The van der Waals surface area contributed by atoms with Crippen LogP contribution in [-0.4, -0.2) is 73.8 Å². The van der Waals surface area contributed by atoms with Gasteiger partial charge >= 0.3 is 5.97 Å². The number of para-hydroxylation sites is 1. The Hall–Kier alpha value is -3.18. The summed E-state index contributed by atoms with van der Waals surface area (Å²) in [6.45, 7) is 5.52. The summed E-state index contributed by atoms with van der Waals surface area (Å²) in [5.41, 5.74) is 0.843. The number of aromatic carboxylic acids is 1. The maximum atomic E-state index is 13.3. The molecule has 4 rings (SSSR count). The van der Waals surface area contributed by atoms with Crippen molar-refractivity contribution in [1.29, 1.82) is 0 Å². The van der Waals surface area contributed by atoms with Crippen LogP contribution in [0.2, 0.25) is 0 Å². The third-order valence-corrected chi connectivity index (χ3v) is 7.64. The highest BCUT2D eigenvalue weighted by molar-refractivity contribution is 7.90. The quantitative estimate of drug-likeness (QED) is 0.545. The van der Waals surface area contributed by atoms with Gasteiger partial charge in [-0.1, -0.05) is 17.4 Å². The number of sulfone groups is 1. The average molecular weight is 504 g/mol. The molecule has 0 saturated carbocycles. The highest BCUT2D eigenvalue weighted by atomic mass is 32.2. The summed E-state index contributed by atoms with van der Waals surface area (Å²) in [4.78, 5) is 33.1. The van der Waals surface area contributed by atoms with Crippen molar-refractivity contribution < 1.29 is 27.9 Å². The summed E-state index contributed by atoms with van der Waals surface area (Å²) in [6, 6.07) is 9.43. The number of piperazine rings is 1. The molecule has 11 heteroatoms. The van der Waals surface area contributed by atoms with Crippen molar-refractivity contribution in [3.8, 4) is 5.75 Å². The van der Waals surface area contributed by atoms with Crippen LogP contribution in [0.3, 0.4) is 0 Å². The molecule has 3 aromatic rings. The number of amides is 1. The molecular weight excluding hydrogens is 478 g/mol. The molecule has 0 aliphatic carbocycles. The summed E-state index contributed by atoms with van der Waals surface area (Å²) in [5, 5.41) is 10.1. The van der Waals surface area contributed by atoms with Crippen LogP contribution in [0.1, 0.15) is 34.6 Å². The van der Waals surface area contributed by atoms with Crippen LogP contribution in [0, 0.1) is 0 Å². The average Bonchev–Trinajstić information content (AvgIpc) is 3.22. The lowest BCUT2D eigenvalue weighted by Gasteiger charge is -2.35. The summed E-state index contributed by atoms with van der Waals surface area (Å²) >= 11 is 1.42. The molecule has 2 aromatic carbocycles. The van der Waals surface area contributed by atoms with Gasteiger partial charge in [-0.15, -0.1) is 0 Å². The van der Waals surface area contributed by atoms with Crippen molar-refractivity contribution in [3.63, 3.8) is 0 Å². The first-order chi connectivity index (χ1) is 16.0. The smallest absolute Gasteiger partial charge is 0.337 e. The SMILES string of the molecule is CC(C)Oc1ccc(S(C)(=O)=O)cc1C(=O)N1CCN(c2nc3c(C(=O)O)cccc3s2)CC1. The zero-order valence-electron chi connectivity index (χ0n) is 19.0. The Morgan fingerprint density at radius 1 is 1.09 bits per heavy atom. The van der Waals surface area contributed by atoms with Crippen molar-refractivity contribution in [3.05, 3.63) is 47.5 Å². The molecule has 1 aliphatic rings. The Morgan fingerprint density at radius 2 is 1.79 bits per heavy atom. The predicted molar refractivity (Wildman–Crippen MR) is 130 cm³/mol. The van der Waals surface area contributed by atoms with Gasteiger partial charge in [0.25, 0.3) is 5.91 Å². The number of hydrogen-bond donors (Lipinski definition) is 1. The first-order valence-electron chi connectivity index (χ1n) is 10.7. The van der Waals surface area contributed by atoms with E-state index >= 15 is 0 Å².